The van der Waals surface area contributed by atoms with Gasteiger partial charge in [-0.3, -0.25) is 4.98 Å². The van der Waals surface area contributed by atoms with E-state index in [2.05, 4.69) is 37.4 Å². The Labute approximate surface area is 172 Å². The summed E-state index contributed by atoms with van der Waals surface area (Å²) in [5.41, 5.74) is 1.95. The molecule has 1 nitrogen and oxygen atoms in total. The van der Waals surface area contributed by atoms with Gasteiger partial charge >= 0.3 is 0 Å². The molecule has 128 valence electrons. The van der Waals surface area contributed by atoms with E-state index in [0.29, 0.717) is 0 Å². The highest BCUT2D eigenvalue weighted by Crippen LogP contribution is 2.31. The van der Waals surface area contributed by atoms with E-state index in [1.807, 2.05) is 48.5 Å². The molecule has 0 aliphatic carbocycles. The molecule has 0 atom stereocenters. The van der Waals surface area contributed by atoms with E-state index in [4.69, 9.17) is 16.6 Å². The zero-order valence-corrected chi connectivity index (χ0v) is 17.4. The van der Waals surface area contributed by atoms with Crippen molar-refractivity contribution in [2.45, 2.75) is 31.1 Å². The summed E-state index contributed by atoms with van der Waals surface area (Å²) in [5, 5.41) is 0.722. The van der Waals surface area contributed by atoms with Crippen LogP contribution in [0.2, 0.25) is 5.02 Å². The lowest BCUT2D eigenvalue weighted by Gasteiger charge is -2.08. The third kappa shape index (κ3) is 5.63. The van der Waals surface area contributed by atoms with Crippen molar-refractivity contribution < 1.29 is 0 Å². The Bertz CT molecular complexity index is 802. The maximum Gasteiger partial charge on any atom is 0.0524 e. The number of halogens is 1. The monoisotopic (exact) mass is 421 g/mol. The number of benzene rings is 2. The molecule has 0 aliphatic heterocycles. The second-order valence-electron chi connectivity index (χ2n) is 5.28. The Hall–Kier alpha value is -0.720. The number of hydrogen-bond donors (Lipinski definition) is 2. The predicted octanol–water partition coefficient (Wildman–Crippen LogP) is 6.90. The van der Waals surface area contributed by atoms with Crippen LogP contribution in [0.25, 0.3) is 0 Å². The normalized spacial score (nSPS) is 10.8. The molecule has 0 fully saturated rings. The van der Waals surface area contributed by atoms with Crippen molar-refractivity contribution in [3.05, 3.63) is 77.1 Å². The van der Waals surface area contributed by atoms with E-state index in [0.717, 1.165) is 47.5 Å². The van der Waals surface area contributed by atoms with Crippen LogP contribution < -0.4 is 0 Å². The van der Waals surface area contributed by atoms with Crippen LogP contribution in [0.15, 0.2) is 80.2 Å². The Morgan fingerprint density at radius 2 is 1.20 bits per heavy atom. The van der Waals surface area contributed by atoms with Gasteiger partial charge in [0.25, 0.3) is 0 Å². The largest absolute Gasteiger partial charge is 0.256 e. The summed E-state index contributed by atoms with van der Waals surface area (Å²) in [7, 11) is 0. The summed E-state index contributed by atoms with van der Waals surface area (Å²) in [6.07, 6.45) is 0. The van der Waals surface area contributed by atoms with E-state index in [-0.39, 0.29) is 0 Å². The molecule has 0 spiro atoms. The third-order valence-corrected chi connectivity index (χ3v) is 6.89. The summed E-state index contributed by atoms with van der Waals surface area (Å²) in [6.45, 7) is 0. The molecular formula is C19H16ClNS4. The SMILES string of the molecule is Sc1ccccc1SCc1cc(Cl)cc(CSc2ccccc2S)n1. The van der Waals surface area contributed by atoms with Crippen molar-refractivity contribution in [2.75, 3.05) is 0 Å². The number of aromatic nitrogens is 1. The molecule has 6 heteroatoms. The second kappa shape index (κ2) is 9.28. The molecule has 0 saturated heterocycles. The van der Waals surface area contributed by atoms with Crippen LogP contribution in [0.3, 0.4) is 0 Å². The smallest absolute Gasteiger partial charge is 0.0524 e. The average molecular weight is 422 g/mol. The molecule has 25 heavy (non-hydrogen) atoms. The molecule has 3 rings (SSSR count). The van der Waals surface area contributed by atoms with Gasteiger partial charge in [-0.2, -0.15) is 0 Å². The van der Waals surface area contributed by atoms with Crippen molar-refractivity contribution in [2.24, 2.45) is 0 Å². The van der Waals surface area contributed by atoms with Crippen molar-refractivity contribution in [1.82, 2.24) is 4.98 Å². The number of nitrogens with zero attached hydrogens (tertiary/aromatic N) is 1. The lowest BCUT2D eigenvalue weighted by molar-refractivity contribution is 1.09. The van der Waals surface area contributed by atoms with Crippen LogP contribution in [0.4, 0.5) is 0 Å². The fraction of sp³-hybridized carbons (Fsp3) is 0.105. The average Bonchev–Trinajstić information content (AvgIpc) is 2.60. The van der Waals surface area contributed by atoms with E-state index >= 15 is 0 Å². The minimum atomic E-state index is 0.722. The number of thioether (sulfide) groups is 2. The van der Waals surface area contributed by atoms with Crippen LogP contribution in [-0.2, 0) is 11.5 Å². The van der Waals surface area contributed by atoms with Crippen LogP contribution in [0.5, 0.6) is 0 Å². The Balaban J connectivity index is 1.68. The lowest BCUT2D eigenvalue weighted by Crippen LogP contribution is -1.94. The van der Waals surface area contributed by atoms with E-state index in [1.165, 1.54) is 0 Å². The number of pyridine rings is 1. The lowest BCUT2D eigenvalue weighted by atomic mass is 10.3. The molecule has 1 heterocycles. The van der Waals surface area contributed by atoms with Crippen molar-refractivity contribution in [1.29, 1.82) is 0 Å². The molecule has 0 bridgehead atoms. The van der Waals surface area contributed by atoms with Gasteiger partial charge < -0.3 is 0 Å². The van der Waals surface area contributed by atoms with Gasteiger partial charge in [0.1, 0.15) is 0 Å². The van der Waals surface area contributed by atoms with Crippen LogP contribution in [-0.4, -0.2) is 4.98 Å². The summed E-state index contributed by atoms with van der Waals surface area (Å²) in [6, 6.07) is 20.0. The fourth-order valence-electron chi connectivity index (χ4n) is 2.22. The van der Waals surface area contributed by atoms with Crippen molar-refractivity contribution in [3.8, 4) is 0 Å². The summed E-state index contributed by atoms with van der Waals surface area (Å²) >= 11 is 18.7. The minimum absolute atomic E-state index is 0.722. The zero-order chi connectivity index (χ0) is 17.6. The van der Waals surface area contributed by atoms with Gasteiger partial charge in [-0.25, -0.2) is 0 Å². The van der Waals surface area contributed by atoms with Gasteiger partial charge in [-0.1, -0.05) is 35.9 Å². The Morgan fingerprint density at radius 3 is 1.64 bits per heavy atom. The third-order valence-electron chi connectivity index (χ3n) is 3.38. The van der Waals surface area contributed by atoms with Crippen LogP contribution >= 0.6 is 60.4 Å². The van der Waals surface area contributed by atoms with Gasteiger partial charge in [-0.15, -0.1) is 48.8 Å². The first-order valence-corrected chi connectivity index (χ1v) is 10.8. The molecule has 0 N–H and O–H groups in total. The molecule has 0 unspecified atom stereocenters. The minimum Gasteiger partial charge on any atom is -0.256 e. The maximum absolute atomic E-state index is 6.29. The topological polar surface area (TPSA) is 12.9 Å². The quantitative estimate of drug-likeness (QED) is 0.332. The number of rotatable bonds is 6. The summed E-state index contributed by atoms with van der Waals surface area (Å²) in [4.78, 5) is 9.00. The van der Waals surface area contributed by atoms with Gasteiger partial charge in [0.15, 0.2) is 0 Å². The first-order chi connectivity index (χ1) is 12.1. The maximum atomic E-state index is 6.29. The van der Waals surface area contributed by atoms with E-state index in [9.17, 15) is 0 Å². The molecule has 0 amide bonds. The van der Waals surface area contributed by atoms with Crippen molar-refractivity contribution in [3.63, 3.8) is 0 Å². The highest BCUT2D eigenvalue weighted by atomic mass is 35.5. The van der Waals surface area contributed by atoms with Crippen LogP contribution in [0.1, 0.15) is 11.4 Å². The zero-order valence-electron chi connectivity index (χ0n) is 13.2. The van der Waals surface area contributed by atoms with Gasteiger partial charge in [-0.05, 0) is 36.4 Å². The first-order valence-electron chi connectivity index (χ1n) is 7.59. The summed E-state index contributed by atoms with van der Waals surface area (Å²) < 4.78 is 0. The standard InChI is InChI=1S/C19H16ClNS4/c20-13-9-14(11-24-18-7-3-1-5-16(18)22)21-15(10-13)12-25-19-8-4-2-6-17(19)23/h1-10,22-23H,11-12H2. The highest BCUT2D eigenvalue weighted by Gasteiger charge is 2.06. The van der Waals surface area contributed by atoms with E-state index in [1.54, 1.807) is 23.5 Å². The molecular weight excluding hydrogens is 406 g/mol. The number of hydrogen-bond acceptors (Lipinski definition) is 5. The fourth-order valence-corrected chi connectivity index (χ4v) is 4.86. The molecule has 0 aliphatic rings. The van der Waals surface area contributed by atoms with Gasteiger partial charge in [0.05, 0.1) is 11.4 Å². The molecule has 0 saturated carbocycles. The predicted molar refractivity (Wildman–Crippen MR) is 116 cm³/mol. The molecule has 1 aromatic heterocycles. The second-order valence-corrected chi connectivity index (χ2v) is 8.72. The summed E-state index contributed by atoms with van der Waals surface area (Å²) in [5.74, 6) is 1.53. The highest BCUT2D eigenvalue weighted by molar-refractivity contribution is 7.99. The van der Waals surface area contributed by atoms with Gasteiger partial charge in [0.2, 0.25) is 0 Å². The molecule has 2 aromatic carbocycles. The van der Waals surface area contributed by atoms with Crippen LogP contribution in [0, 0.1) is 0 Å². The molecule has 0 radical (unpaired) electrons. The van der Waals surface area contributed by atoms with E-state index < -0.39 is 0 Å². The Morgan fingerprint density at radius 1 is 0.760 bits per heavy atom. The number of thiol groups is 2. The van der Waals surface area contributed by atoms with Crippen molar-refractivity contribution >= 4 is 60.4 Å². The first kappa shape index (κ1) is 19.1. The van der Waals surface area contributed by atoms with Gasteiger partial charge in [0, 0.05) is 36.1 Å². The Kier molecular flexibility index (Phi) is 7.08. The molecule has 3 aromatic rings.